The molecule has 1 aliphatic rings. The minimum atomic E-state index is -4.13. The summed E-state index contributed by atoms with van der Waals surface area (Å²) in [5.74, 6) is 0.0198. The number of nitrogens with two attached hydrogens (primary N) is 1. The van der Waals surface area contributed by atoms with Crippen LogP contribution in [0.4, 0.5) is 5.69 Å². The fourth-order valence-corrected chi connectivity index (χ4v) is 3.79. The van der Waals surface area contributed by atoms with Crippen LogP contribution in [0.3, 0.4) is 0 Å². The zero-order valence-corrected chi connectivity index (χ0v) is 18.2. The van der Waals surface area contributed by atoms with Crippen molar-refractivity contribution in [2.24, 2.45) is 10.6 Å². The highest BCUT2D eigenvalue weighted by Crippen LogP contribution is 2.32. The summed E-state index contributed by atoms with van der Waals surface area (Å²) in [6.07, 6.45) is 5.98. The first-order valence-corrected chi connectivity index (χ1v) is 11.2. The summed E-state index contributed by atoms with van der Waals surface area (Å²) >= 11 is 5.93. The number of carbonyl (C=O) groups is 1. The van der Waals surface area contributed by atoms with Crippen molar-refractivity contribution >= 4 is 33.2 Å². The van der Waals surface area contributed by atoms with E-state index in [1.165, 1.54) is 24.3 Å². The van der Waals surface area contributed by atoms with Gasteiger partial charge in [-0.3, -0.25) is 4.79 Å². The van der Waals surface area contributed by atoms with E-state index in [1.54, 1.807) is 30.4 Å². The molecule has 0 spiro atoms. The van der Waals surface area contributed by atoms with Crippen molar-refractivity contribution in [3.63, 3.8) is 0 Å². The Bertz CT molecular complexity index is 1230. The van der Waals surface area contributed by atoms with E-state index in [0.717, 1.165) is 5.57 Å². The number of allylic oxidation sites excluding steroid dienone is 3. The van der Waals surface area contributed by atoms with E-state index < -0.39 is 15.4 Å². The monoisotopic (exact) mass is 457 g/mol. The molecule has 1 unspecified atom stereocenters. The fourth-order valence-electron chi connectivity index (χ4n) is 2.92. The third-order valence-corrected chi connectivity index (χ3v) is 5.80. The van der Waals surface area contributed by atoms with Crippen molar-refractivity contribution < 1.29 is 17.9 Å². The summed E-state index contributed by atoms with van der Waals surface area (Å²) < 4.78 is 29.8. The van der Waals surface area contributed by atoms with Crippen molar-refractivity contribution in [3.05, 3.63) is 71.3 Å². The Morgan fingerprint density at radius 1 is 1.32 bits per heavy atom. The van der Waals surface area contributed by atoms with E-state index in [4.69, 9.17) is 26.7 Å². The molecule has 9 heteroatoms. The lowest BCUT2D eigenvalue weighted by Gasteiger charge is -2.19. The van der Waals surface area contributed by atoms with Gasteiger partial charge >= 0.3 is 0 Å². The molecule has 31 heavy (non-hydrogen) atoms. The molecule has 0 heterocycles. The van der Waals surface area contributed by atoms with Crippen LogP contribution in [0.15, 0.2) is 71.2 Å². The Morgan fingerprint density at radius 2 is 2.10 bits per heavy atom. The van der Waals surface area contributed by atoms with Crippen molar-refractivity contribution in [2.45, 2.75) is 24.7 Å². The van der Waals surface area contributed by atoms with Crippen LogP contribution >= 0.6 is 11.6 Å². The predicted molar refractivity (Wildman–Crippen MR) is 118 cm³/mol. The summed E-state index contributed by atoms with van der Waals surface area (Å²) in [5.41, 5.74) is 0.468. The molecule has 1 aliphatic carbocycles. The highest BCUT2D eigenvalue weighted by molar-refractivity contribution is 7.89. The first kappa shape index (κ1) is 22.6. The lowest BCUT2D eigenvalue weighted by molar-refractivity contribution is -0.115. The van der Waals surface area contributed by atoms with Gasteiger partial charge < -0.3 is 10.1 Å². The van der Waals surface area contributed by atoms with Crippen molar-refractivity contribution in [3.8, 4) is 17.6 Å². The van der Waals surface area contributed by atoms with Gasteiger partial charge in [0, 0.05) is 10.7 Å². The van der Waals surface area contributed by atoms with E-state index in [0.29, 0.717) is 17.2 Å². The van der Waals surface area contributed by atoms with E-state index >= 15 is 0 Å². The summed E-state index contributed by atoms with van der Waals surface area (Å²) in [6, 6.07) is 12.9. The largest absolute Gasteiger partial charge is 0.456 e. The van der Waals surface area contributed by atoms with Gasteiger partial charge in [-0.2, -0.15) is 5.26 Å². The third kappa shape index (κ3) is 5.95. The van der Waals surface area contributed by atoms with Gasteiger partial charge in [-0.25, -0.2) is 13.6 Å². The van der Waals surface area contributed by atoms with E-state index in [1.807, 2.05) is 13.0 Å². The number of nitrogens with zero attached hydrogens (tertiary/aromatic N) is 1. The number of primary sulfonamides is 1. The Balaban J connectivity index is 1.76. The SMILES string of the molecule is CC1(C#N)C=CC(CC(=O)Nc2ccc(Oc3cccc(Cl)c3)c(S(N)(=O)=O)c2)=CC1. The Kier molecular flexibility index (Phi) is 6.51. The molecule has 0 bridgehead atoms. The number of anilines is 1. The molecule has 0 fully saturated rings. The molecule has 0 aromatic heterocycles. The van der Waals surface area contributed by atoms with Gasteiger partial charge in [-0.15, -0.1) is 0 Å². The molecule has 2 aromatic rings. The van der Waals surface area contributed by atoms with Gasteiger partial charge in [0.05, 0.1) is 17.9 Å². The molecular formula is C22H20ClN3O4S. The number of nitriles is 1. The van der Waals surface area contributed by atoms with Crippen molar-refractivity contribution in [1.29, 1.82) is 5.26 Å². The van der Waals surface area contributed by atoms with E-state index in [2.05, 4.69) is 11.4 Å². The minimum Gasteiger partial charge on any atom is -0.456 e. The molecule has 1 amide bonds. The van der Waals surface area contributed by atoms with Crippen LogP contribution in [-0.2, 0) is 14.8 Å². The van der Waals surface area contributed by atoms with Crippen LogP contribution in [0.5, 0.6) is 11.5 Å². The quantitative estimate of drug-likeness (QED) is 0.659. The Hall–Kier alpha value is -3.12. The number of rotatable bonds is 6. The molecule has 0 radical (unpaired) electrons. The number of halogens is 1. The fraction of sp³-hybridized carbons (Fsp3) is 0.182. The number of carbonyl (C=O) groups excluding carboxylic acids is 1. The highest BCUT2D eigenvalue weighted by atomic mass is 35.5. The molecule has 1 atom stereocenters. The van der Waals surface area contributed by atoms with Gasteiger partial charge in [0.1, 0.15) is 16.4 Å². The molecule has 0 saturated carbocycles. The van der Waals surface area contributed by atoms with Crippen LogP contribution in [0.25, 0.3) is 0 Å². The summed E-state index contributed by atoms with van der Waals surface area (Å²) in [6.45, 7) is 1.82. The second kappa shape index (κ2) is 8.94. The summed E-state index contributed by atoms with van der Waals surface area (Å²) in [4.78, 5) is 12.1. The maximum atomic E-state index is 12.4. The number of hydrogen-bond acceptors (Lipinski definition) is 5. The summed E-state index contributed by atoms with van der Waals surface area (Å²) in [5, 5.41) is 17.6. The number of nitrogens with one attached hydrogen (secondary N) is 1. The molecule has 0 saturated heterocycles. The van der Waals surface area contributed by atoms with E-state index in [9.17, 15) is 13.2 Å². The number of ether oxygens (including phenoxy) is 1. The lowest BCUT2D eigenvalue weighted by Crippen LogP contribution is -2.17. The molecule has 160 valence electrons. The van der Waals surface area contributed by atoms with Gasteiger partial charge in [0.25, 0.3) is 0 Å². The van der Waals surface area contributed by atoms with Gasteiger partial charge in [0.15, 0.2) is 0 Å². The Labute approximate surface area is 185 Å². The molecular weight excluding hydrogens is 438 g/mol. The van der Waals surface area contributed by atoms with Crippen LogP contribution in [0, 0.1) is 16.7 Å². The van der Waals surface area contributed by atoms with Crippen LogP contribution in [-0.4, -0.2) is 14.3 Å². The smallest absolute Gasteiger partial charge is 0.241 e. The molecule has 3 rings (SSSR count). The normalized spacial score (nSPS) is 18.1. The number of hydrogen-bond donors (Lipinski definition) is 2. The van der Waals surface area contributed by atoms with Gasteiger partial charge in [0.2, 0.25) is 15.9 Å². The zero-order chi connectivity index (χ0) is 22.6. The Morgan fingerprint density at radius 3 is 2.71 bits per heavy atom. The maximum absolute atomic E-state index is 12.4. The third-order valence-electron chi connectivity index (χ3n) is 4.63. The van der Waals surface area contributed by atoms with Gasteiger partial charge in [-0.05, 0) is 55.3 Å². The topological polar surface area (TPSA) is 122 Å². The molecule has 2 aromatic carbocycles. The molecule has 3 N–H and O–H groups in total. The van der Waals surface area contributed by atoms with Crippen LogP contribution in [0.1, 0.15) is 19.8 Å². The average molecular weight is 458 g/mol. The number of sulfonamides is 1. The van der Waals surface area contributed by atoms with Crippen LogP contribution in [0.2, 0.25) is 5.02 Å². The van der Waals surface area contributed by atoms with Crippen molar-refractivity contribution in [1.82, 2.24) is 0 Å². The maximum Gasteiger partial charge on any atom is 0.241 e. The molecule has 7 nitrogen and oxygen atoms in total. The first-order valence-electron chi connectivity index (χ1n) is 9.28. The second-order valence-corrected chi connectivity index (χ2v) is 9.30. The van der Waals surface area contributed by atoms with Crippen molar-refractivity contribution in [2.75, 3.05) is 5.32 Å². The van der Waals surface area contributed by atoms with Gasteiger partial charge in [-0.1, -0.05) is 35.9 Å². The predicted octanol–water partition coefficient (Wildman–Crippen LogP) is 4.52. The summed E-state index contributed by atoms with van der Waals surface area (Å²) in [7, 11) is -4.13. The second-order valence-electron chi connectivity index (χ2n) is 7.34. The minimum absolute atomic E-state index is 0.0106. The highest BCUT2D eigenvalue weighted by Gasteiger charge is 2.22. The zero-order valence-electron chi connectivity index (χ0n) is 16.6. The first-order chi connectivity index (χ1) is 14.6. The average Bonchev–Trinajstić information content (AvgIpc) is 2.70. The van der Waals surface area contributed by atoms with Crippen LogP contribution < -0.4 is 15.2 Å². The molecule has 0 aliphatic heterocycles. The standard InChI is InChI=1S/C22H20ClN3O4S/c1-22(14-24)9-7-15(8-10-22)11-21(27)26-17-5-6-19(20(13-17)31(25,28)29)30-18-4-2-3-16(23)12-18/h2-9,12-13H,10-11H2,1H3,(H,26,27)(H2,25,28,29). The number of amides is 1. The number of benzene rings is 2. The lowest BCUT2D eigenvalue weighted by atomic mass is 9.83. The van der Waals surface area contributed by atoms with E-state index in [-0.39, 0.29) is 28.7 Å².